The van der Waals surface area contributed by atoms with Crippen LogP contribution >= 0.6 is 0 Å². The molecule has 0 saturated heterocycles. The van der Waals surface area contributed by atoms with Crippen molar-refractivity contribution in [2.24, 2.45) is 0 Å². The largest absolute Gasteiger partial charge is 0.356 e. The standard InChI is InChI=1S/C12H14FNO3S/c1-10(15)14-9-3-2-4-11-5-7-12(8-6-11)18(13,16)17/h2,4-8H,3,9H2,1H3,(H,14,15). The lowest BCUT2D eigenvalue weighted by molar-refractivity contribution is -0.118. The lowest BCUT2D eigenvalue weighted by Crippen LogP contribution is -2.20. The number of rotatable bonds is 5. The van der Waals surface area contributed by atoms with Gasteiger partial charge in [-0.25, -0.2) is 0 Å². The third-order valence-electron chi connectivity index (χ3n) is 2.16. The minimum atomic E-state index is -4.63. The van der Waals surface area contributed by atoms with E-state index in [1.165, 1.54) is 31.2 Å². The van der Waals surface area contributed by atoms with Crippen molar-refractivity contribution in [1.82, 2.24) is 5.32 Å². The first-order valence-corrected chi connectivity index (χ1v) is 6.73. The maximum absolute atomic E-state index is 12.6. The molecule has 0 unspecified atom stereocenters. The van der Waals surface area contributed by atoms with Gasteiger partial charge in [-0.05, 0) is 24.1 Å². The summed E-state index contributed by atoms with van der Waals surface area (Å²) in [6, 6.07) is 5.45. The van der Waals surface area contributed by atoms with Gasteiger partial charge in [-0.15, -0.1) is 3.89 Å². The number of hydrogen-bond acceptors (Lipinski definition) is 3. The lowest BCUT2D eigenvalue weighted by Gasteiger charge is -1.98. The Hall–Kier alpha value is -1.69. The Bertz CT molecular complexity index is 535. The van der Waals surface area contributed by atoms with Crippen molar-refractivity contribution in [2.75, 3.05) is 6.54 Å². The molecule has 0 aromatic heterocycles. The smallest absolute Gasteiger partial charge is 0.332 e. The van der Waals surface area contributed by atoms with Crippen LogP contribution in [0.25, 0.3) is 6.08 Å². The van der Waals surface area contributed by atoms with E-state index in [1.54, 1.807) is 6.08 Å². The van der Waals surface area contributed by atoms with Crippen molar-refractivity contribution >= 4 is 22.2 Å². The molecule has 0 atom stereocenters. The molecule has 0 aliphatic rings. The van der Waals surface area contributed by atoms with Gasteiger partial charge in [-0.3, -0.25) is 4.79 Å². The molecule has 0 saturated carbocycles. The van der Waals surface area contributed by atoms with E-state index in [-0.39, 0.29) is 10.8 Å². The van der Waals surface area contributed by atoms with E-state index in [9.17, 15) is 17.1 Å². The highest BCUT2D eigenvalue weighted by atomic mass is 32.3. The Kier molecular flexibility index (Phi) is 5.03. The second-order valence-electron chi connectivity index (χ2n) is 3.68. The molecule has 1 amide bonds. The summed E-state index contributed by atoms with van der Waals surface area (Å²) in [5.74, 6) is -0.0825. The van der Waals surface area contributed by atoms with Crippen molar-refractivity contribution in [3.8, 4) is 0 Å². The Morgan fingerprint density at radius 2 is 1.94 bits per heavy atom. The number of amides is 1. The van der Waals surface area contributed by atoms with E-state index in [0.717, 1.165) is 5.56 Å². The van der Waals surface area contributed by atoms with Gasteiger partial charge in [0.1, 0.15) is 0 Å². The van der Waals surface area contributed by atoms with Crippen LogP contribution in [0.1, 0.15) is 18.9 Å². The van der Waals surface area contributed by atoms with Crippen LogP contribution in [0.5, 0.6) is 0 Å². The quantitative estimate of drug-likeness (QED) is 0.657. The zero-order valence-corrected chi connectivity index (χ0v) is 10.7. The average molecular weight is 271 g/mol. The van der Waals surface area contributed by atoms with E-state index in [0.29, 0.717) is 13.0 Å². The molecular weight excluding hydrogens is 257 g/mol. The first-order valence-electron chi connectivity index (χ1n) is 5.35. The predicted molar refractivity (Wildman–Crippen MR) is 67.1 cm³/mol. The Balaban J connectivity index is 2.54. The molecule has 4 nitrogen and oxygen atoms in total. The van der Waals surface area contributed by atoms with Crippen LogP contribution in [-0.2, 0) is 15.0 Å². The number of carbonyl (C=O) groups excluding carboxylic acids is 1. The van der Waals surface area contributed by atoms with Crippen LogP contribution in [0, 0.1) is 0 Å². The SMILES string of the molecule is CC(=O)NCCC=Cc1ccc(S(=O)(=O)F)cc1. The zero-order valence-electron chi connectivity index (χ0n) is 9.89. The van der Waals surface area contributed by atoms with Crippen molar-refractivity contribution in [1.29, 1.82) is 0 Å². The number of benzene rings is 1. The highest BCUT2D eigenvalue weighted by Gasteiger charge is 2.09. The molecule has 98 valence electrons. The Labute approximate surface area is 106 Å². The highest BCUT2D eigenvalue weighted by Crippen LogP contribution is 2.13. The molecule has 0 fully saturated rings. The summed E-state index contributed by atoms with van der Waals surface area (Å²) in [6.45, 7) is 1.99. The lowest BCUT2D eigenvalue weighted by atomic mass is 10.2. The Morgan fingerprint density at radius 1 is 1.33 bits per heavy atom. The van der Waals surface area contributed by atoms with Gasteiger partial charge >= 0.3 is 10.2 Å². The van der Waals surface area contributed by atoms with Gasteiger partial charge in [0.25, 0.3) is 0 Å². The fourth-order valence-corrected chi connectivity index (χ4v) is 1.75. The van der Waals surface area contributed by atoms with Crippen LogP contribution in [0.15, 0.2) is 35.2 Å². The van der Waals surface area contributed by atoms with E-state index in [2.05, 4.69) is 5.32 Å². The summed E-state index contributed by atoms with van der Waals surface area (Å²) in [4.78, 5) is 10.2. The number of halogens is 1. The number of carbonyl (C=O) groups is 1. The fraction of sp³-hybridized carbons (Fsp3) is 0.250. The maximum atomic E-state index is 12.6. The van der Waals surface area contributed by atoms with Crippen molar-refractivity contribution in [3.05, 3.63) is 35.9 Å². The van der Waals surface area contributed by atoms with Crippen LogP contribution in [0.2, 0.25) is 0 Å². The van der Waals surface area contributed by atoms with Gasteiger partial charge in [0, 0.05) is 13.5 Å². The first-order chi connectivity index (χ1) is 8.39. The average Bonchev–Trinajstić information content (AvgIpc) is 2.27. The van der Waals surface area contributed by atoms with Gasteiger partial charge in [-0.1, -0.05) is 24.3 Å². The molecule has 0 aliphatic heterocycles. The van der Waals surface area contributed by atoms with Gasteiger partial charge in [0.2, 0.25) is 5.91 Å². The van der Waals surface area contributed by atoms with E-state index in [4.69, 9.17) is 0 Å². The summed E-state index contributed by atoms with van der Waals surface area (Å²) in [5.41, 5.74) is 0.769. The van der Waals surface area contributed by atoms with Gasteiger partial charge in [0.05, 0.1) is 4.90 Å². The molecule has 0 heterocycles. The molecule has 6 heteroatoms. The summed E-state index contributed by atoms with van der Waals surface area (Å²) in [6.07, 6.45) is 4.29. The van der Waals surface area contributed by atoms with Crippen LogP contribution in [-0.4, -0.2) is 20.9 Å². The minimum Gasteiger partial charge on any atom is -0.356 e. The number of nitrogens with one attached hydrogen (secondary N) is 1. The van der Waals surface area contributed by atoms with Crippen molar-refractivity contribution in [3.63, 3.8) is 0 Å². The monoisotopic (exact) mass is 271 g/mol. The molecule has 1 aromatic carbocycles. The summed E-state index contributed by atoms with van der Waals surface area (Å²) >= 11 is 0. The third-order valence-corrected chi connectivity index (χ3v) is 2.99. The molecule has 1 aromatic rings. The van der Waals surface area contributed by atoms with Crippen LogP contribution < -0.4 is 5.32 Å². The molecule has 0 radical (unpaired) electrons. The summed E-state index contributed by atoms with van der Waals surface area (Å²) in [7, 11) is -4.63. The van der Waals surface area contributed by atoms with Crippen LogP contribution in [0.3, 0.4) is 0 Å². The highest BCUT2D eigenvalue weighted by molar-refractivity contribution is 7.86. The molecule has 0 aliphatic carbocycles. The normalized spacial score (nSPS) is 11.7. The second-order valence-corrected chi connectivity index (χ2v) is 5.03. The van der Waals surface area contributed by atoms with E-state index in [1.807, 2.05) is 6.08 Å². The van der Waals surface area contributed by atoms with Crippen molar-refractivity contribution < 1.29 is 17.1 Å². The summed E-state index contributed by atoms with van der Waals surface area (Å²) in [5, 5.41) is 2.64. The second kappa shape index (κ2) is 6.30. The van der Waals surface area contributed by atoms with Crippen molar-refractivity contribution in [2.45, 2.75) is 18.2 Å². The third kappa shape index (κ3) is 5.09. The predicted octanol–water partition coefficient (Wildman–Crippen LogP) is 1.88. The molecular formula is C12H14FNO3S. The molecule has 18 heavy (non-hydrogen) atoms. The van der Waals surface area contributed by atoms with Crippen LogP contribution in [0.4, 0.5) is 3.89 Å². The van der Waals surface area contributed by atoms with E-state index >= 15 is 0 Å². The molecule has 1 N–H and O–H groups in total. The van der Waals surface area contributed by atoms with E-state index < -0.39 is 10.2 Å². The summed E-state index contributed by atoms with van der Waals surface area (Å²) < 4.78 is 33.8. The zero-order chi connectivity index (χ0) is 13.6. The van der Waals surface area contributed by atoms with Gasteiger partial charge < -0.3 is 5.32 Å². The topological polar surface area (TPSA) is 63.2 Å². The molecule has 1 rings (SSSR count). The first kappa shape index (κ1) is 14.4. The minimum absolute atomic E-state index is 0.0825. The maximum Gasteiger partial charge on any atom is 0.332 e. The van der Waals surface area contributed by atoms with Gasteiger partial charge in [-0.2, -0.15) is 8.42 Å². The molecule has 0 bridgehead atoms. The molecule has 0 spiro atoms. The Morgan fingerprint density at radius 3 is 2.44 bits per heavy atom. The fourth-order valence-electron chi connectivity index (χ4n) is 1.29. The number of hydrogen-bond donors (Lipinski definition) is 1. The van der Waals surface area contributed by atoms with Gasteiger partial charge in [0.15, 0.2) is 0 Å².